The van der Waals surface area contributed by atoms with Crippen molar-refractivity contribution in [3.8, 4) is 0 Å². The van der Waals surface area contributed by atoms with Crippen molar-refractivity contribution in [2.24, 2.45) is 0 Å². The summed E-state index contributed by atoms with van der Waals surface area (Å²) in [5, 5.41) is 2.94. The standard InChI is InChI=1S/C19H24N2O3S/c1-12-8-6-7-9-17(12)15(4)21-19(22)16-10-13(2)14(3)18(11-16)25(23,24)20-5/h6-11,15,20H,1-5H3,(H,21,22). The molecule has 0 saturated carbocycles. The van der Waals surface area contributed by atoms with Gasteiger partial charge in [0.25, 0.3) is 5.91 Å². The molecule has 0 aliphatic heterocycles. The number of hydrogen-bond donors (Lipinski definition) is 2. The quantitative estimate of drug-likeness (QED) is 0.861. The number of benzene rings is 2. The molecule has 2 N–H and O–H groups in total. The summed E-state index contributed by atoms with van der Waals surface area (Å²) < 4.78 is 26.7. The van der Waals surface area contributed by atoms with Gasteiger partial charge >= 0.3 is 0 Å². The van der Waals surface area contributed by atoms with Gasteiger partial charge in [-0.15, -0.1) is 0 Å². The molecule has 2 rings (SSSR count). The van der Waals surface area contributed by atoms with Gasteiger partial charge in [-0.05, 0) is 69.1 Å². The van der Waals surface area contributed by atoms with Gasteiger partial charge in [0.05, 0.1) is 10.9 Å². The number of rotatable bonds is 5. The average molecular weight is 360 g/mol. The summed E-state index contributed by atoms with van der Waals surface area (Å²) in [5.41, 5.74) is 3.84. The fourth-order valence-electron chi connectivity index (χ4n) is 2.78. The fraction of sp³-hybridized carbons (Fsp3) is 0.316. The van der Waals surface area contributed by atoms with Crippen molar-refractivity contribution in [2.45, 2.75) is 38.6 Å². The van der Waals surface area contributed by atoms with E-state index in [2.05, 4.69) is 10.0 Å². The van der Waals surface area contributed by atoms with Crippen LogP contribution in [-0.4, -0.2) is 21.4 Å². The monoisotopic (exact) mass is 360 g/mol. The SMILES string of the molecule is CNS(=O)(=O)c1cc(C(=O)NC(C)c2ccccc2C)cc(C)c1C. The van der Waals surface area contributed by atoms with Gasteiger partial charge in [0.1, 0.15) is 0 Å². The fourth-order valence-corrected chi connectivity index (χ4v) is 3.84. The summed E-state index contributed by atoms with van der Waals surface area (Å²) >= 11 is 0. The molecule has 0 saturated heterocycles. The predicted octanol–water partition coefficient (Wildman–Crippen LogP) is 3.01. The molecule has 2 aromatic carbocycles. The van der Waals surface area contributed by atoms with Crippen LogP contribution in [0, 0.1) is 20.8 Å². The van der Waals surface area contributed by atoms with Crippen LogP contribution >= 0.6 is 0 Å². The van der Waals surface area contributed by atoms with E-state index in [4.69, 9.17) is 0 Å². The third-order valence-electron chi connectivity index (χ3n) is 4.44. The normalized spacial score (nSPS) is 12.7. The molecule has 0 bridgehead atoms. The number of nitrogens with one attached hydrogen (secondary N) is 2. The Morgan fingerprint density at radius 1 is 1.04 bits per heavy atom. The Bertz CT molecular complexity index is 905. The highest BCUT2D eigenvalue weighted by atomic mass is 32.2. The molecule has 1 amide bonds. The maximum atomic E-state index is 12.6. The molecule has 25 heavy (non-hydrogen) atoms. The molecule has 0 aliphatic carbocycles. The van der Waals surface area contributed by atoms with Crippen LogP contribution in [-0.2, 0) is 10.0 Å². The van der Waals surface area contributed by atoms with Gasteiger partial charge in [0.15, 0.2) is 0 Å². The zero-order valence-corrected chi connectivity index (χ0v) is 16.0. The van der Waals surface area contributed by atoms with Gasteiger partial charge < -0.3 is 5.32 Å². The number of aryl methyl sites for hydroxylation is 2. The van der Waals surface area contributed by atoms with Gasteiger partial charge in [-0.1, -0.05) is 24.3 Å². The summed E-state index contributed by atoms with van der Waals surface area (Å²) in [4.78, 5) is 12.8. The summed E-state index contributed by atoms with van der Waals surface area (Å²) in [6.07, 6.45) is 0. The number of hydrogen-bond acceptors (Lipinski definition) is 3. The first kappa shape index (κ1) is 19.1. The Balaban J connectivity index is 2.36. The van der Waals surface area contributed by atoms with Crippen LogP contribution < -0.4 is 10.0 Å². The van der Waals surface area contributed by atoms with Crippen molar-refractivity contribution in [2.75, 3.05) is 7.05 Å². The van der Waals surface area contributed by atoms with Crippen LogP contribution in [0.4, 0.5) is 0 Å². The van der Waals surface area contributed by atoms with E-state index >= 15 is 0 Å². The van der Waals surface area contributed by atoms with E-state index in [9.17, 15) is 13.2 Å². The smallest absolute Gasteiger partial charge is 0.251 e. The van der Waals surface area contributed by atoms with Crippen LogP contribution in [0.25, 0.3) is 0 Å². The summed E-state index contributed by atoms with van der Waals surface area (Å²) in [6, 6.07) is 10.8. The number of amides is 1. The van der Waals surface area contributed by atoms with Gasteiger partial charge in [-0.3, -0.25) is 4.79 Å². The molecule has 0 heterocycles. The van der Waals surface area contributed by atoms with Crippen molar-refractivity contribution in [3.05, 3.63) is 64.2 Å². The highest BCUT2D eigenvalue weighted by Crippen LogP contribution is 2.22. The first-order valence-corrected chi connectivity index (χ1v) is 9.57. The minimum Gasteiger partial charge on any atom is -0.346 e. The molecule has 0 radical (unpaired) electrons. The van der Waals surface area contributed by atoms with Crippen molar-refractivity contribution in [1.29, 1.82) is 0 Å². The lowest BCUT2D eigenvalue weighted by Crippen LogP contribution is -2.28. The van der Waals surface area contributed by atoms with Crippen LogP contribution in [0.3, 0.4) is 0 Å². The number of carbonyl (C=O) groups excluding carboxylic acids is 1. The maximum absolute atomic E-state index is 12.6. The third-order valence-corrected chi connectivity index (χ3v) is 5.98. The lowest BCUT2D eigenvalue weighted by atomic mass is 10.0. The van der Waals surface area contributed by atoms with Crippen LogP contribution in [0.15, 0.2) is 41.3 Å². The second-order valence-electron chi connectivity index (χ2n) is 6.18. The van der Waals surface area contributed by atoms with Gasteiger partial charge in [-0.2, -0.15) is 0 Å². The van der Waals surface area contributed by atoms with E-state index in [1.165, 1.54) is 13.1 Å². The molecule has 5 nitrogen and oxygen atoms in total. The predicted molar refractivity (Wildman–Crippen MR) is 99.2 cm³/mol. The molecule has 0 aliphatic rings. The molecule has 1 unspecified atom stereocenters. The molecular formula is C19H24N2O3S. The lowest BCUT2D eigenvalue weighted by molar-refractivity contribution is 0.0939. The molecule has 0 fully saturated rings. The molecule has 134 valence electrons. The van der Waals surface area contributed by atoms with Crippen molar-refractivity contribution < 1.29 is 13.2 Å². The second kappa shape index (κ2) is 7.37. The summed E-state index contributed by atoms with van der Waals surface area (Å²) in [5.74, 6) is -0.300. The largest absolute Gasteiger partial charge is 0.346 e. The lowest BCUT2D eigenvalue weighted by Gasteiger charge is -2.18. The Morgan fingerprint density at radius 2 is 1.68 bits per heavy atom. The Labute approximate surface area is 149 Å². The Morgan fingerprint density at radius 3 is 2.28 bits per heavy atom. The summed E-state index contributed by atoms with van der Waals surface area (Å²) in [6.45, 7) is 7.43. The second-order valence-corrected chi connectivity index (χ2v) is 8.03. The van der Waals surface area contributed by atoms with Crippen molar-refractivity contribution in [3.63, 3.8) is 0 Å². The van der Waals surface area contributed by atoms with Crippen LogP contribution in [0.5, 0.6) is 0 Å². The van der Waals surface area contributed by atoms with Crippen molar-refractivity contribution in [1.82, 2.24) is 10.0 Å². The molecule has 2 aromatic rings. The molecule has 1 atom stereocenters. The molecular weight excluding hydrogens is 336 g/mol. The Hall–Kier alpha value is -2.18. The minimum absolute atomic E-state index is 0.128. The zero-order valence-electron chi connectivity index (χ0n) is 15.2. The first-order chi connectivity index (χ1) is 11.7. The summed E-state index contributed by atoms with van der Waals surface area (Å²) in [7, 11) is -2.27. The molecule has 0 spiro atoms. The van der Waals surface area contributed by atoms with Gasteiger partial charge in [0.2, 0.25) is 10.0 Å². The highest BCUT2D eigenvalue weighted by Gasteiger charge is 2.20. The topological polar surface area (TPSA) is 75.3 Å². The van der Waals surface area contributed by atoms with Crippen LogP contribution in [0.2, 0.25) is 0 Å². The maximum Gasteiger partial charge on any atom is 0.251 e. The number of sulfonamides is 1. The van der Waals surface area contributed by atoms with E-state index in [1.807, 2.05) is 38.1 Å². The van der Waals surface area contributed by atoms with E-state index in [1.54, 1.807) is 19.9 Å². The Kier molecular flexibility index (Phi) is 5.65. The van der Waals surface area contributed by atoms with Crippen LogP contribution in [0.1, 0.15) is 45.6 Å². The minimum atomic E-state index is -3.62. The van der Waals surface area contributed by atoms with E-state index in [0.717, 1.165) is 16.7 Å². The molecule has 0 aromatic heterocycles. The van der Waals surface area contributed by atoms with E-state index < -0.39 is 10.0 Å². The van der Waals surface area contributed by atoms with Crippen molar-refractivity contribution >= 4 is 15.9 Å². The molecule has 6 heteroatoms. The highest BCUT2D eigenvalue weighted by molar-refractivity contribution is 7.89. The van der Waals surface area contributed by atoms with Gasteiger partial charge in [-0.25, -0.2) is 13.1 Å². The first-order valence-electron chi connectivity index (χ1n) is 8.08. The van der Waals surface area contributed by atoms with E-state index in [-0.39, 0.29) is 16.8 Å². The third kappa shape index (κ3) is 4.08. The van der Waals surface area contributed by atoms with Gasteiger partial charge in [0, 0.05) is 5.56 Å². The van der Waals surface area contributed by atoms with E-state index in [0.29, 0.717) is 11.1 Å². The zero-order chi connectivity index (χ0) is 18.8. The average Bonchev–Trinajstić information content (AvgIpc) is 2.57. The number of carbonyl (C=O) groups is 1.